The number of carboxylic acids is 1. The Kier molecular flexibility index (Phi) is 6.79. The van der Waals surface area contributed by atoms with E-state index in [4.69, 9.17) is 9.57 Å². The van der Waals surface area contributed by atoms with Crippen LogP contribution in [0.15, 0.2) is 30.3 Å². The van der Waals surface area contributed by atoms with E-state index in [1.54, 1.807) is 27.8 Å². The van der Waals surface area contributed by atoms with E-state index in [1.165, 1.54) is 5.06 Å². The first-order valence-corrected chi connectivity index (χ1v) is 9.17. The van der Waals surface area contributed by atoms with E-state index in [0.29, 0.717) is 12.9 Å². The van der Waals surface area contributed by atoms with Crippen LogP contribution in [0.5, 0.6) is 0 Å². The second kappa shape index (κ2) is 8.70. The fraction of sp³-hybridized carbons (Fsp3) is 0.550. The Bertz CT molecular complexity index is 702. The molecule has 1 amide bonds. The molecule has 154 valence electrons. The van der Waals surface area contributed by atoms with Gasteiger partial charge in [-0.2, -0.15) is 5.06 Å². The minimum absolute atomic E-state index is 0.0341. The summed E-state index contributed by atoms with van der Waals surface area (Å²) < 4.78 is 5.38. The molecule has 0 bridgehead atoms. The second-order valence-corrected chi connectivity index (χ2v) is 8.01. The van der Waals surface area contributed by atoms with E-state index >= 15 is 0 Å². The number of benzene rings is 1. The summed E-state index contributed by atoms with van der Waals surface area (Å²) in [4.78, 5) is 43.2. The zero-order valence-corrected chi connectivity index (χ0v) is 16.8. The van der Waals surface area contributed by atoms with Crippen molar-refractivity contribution in [3.63, 3.8) is 0 Å². The SMILES string of the molecule is CN(CC1(C=O)CCC(C(=O)O)N1C(=O)OC(C)(C)C)OCc1ccccc1. The van der Waals surface area contributed by atoms with Gasteiger partial charge >= 0.3 is 12.1 Å². The molecule has 0 saturated carbocycles. The molecule has 1 aromatic rings. The molecule has 0 radical (unpaired) electrons. The molecule has 1 fully saturated rings. The molecule has 1 N–H and O–H groups in total. The highest BCUT2D eigenvalue weighted by atomic mass is 16.7. The van der Waals surface area contributed by atoms with Gasteiger partial charge in [-0.15, -0.1) is 0 Å². The maximum atomic E-state index is 12.7. The van der Waals surface area contributed by atoms with E-state index in [9.17, 15) is 19.5 Å². The van der Waals surface area contributed by atoms with Gasteiger partial charge in [-0.25, -0.2) is 9.59 Å². The lowest BCUT2D eigenvalue weighted by Crippen LogP contribution is -2.59. The van der Waals surface area contributed by atoms with Gasteiger partial charge in [0.2, 0.25) is 0 Å². The summed E-state index contributed by atoms with van der Waals surface area (Å²) in [6.07, 6.45) is 0.189. The van der Waals surface area contributed by atoms with Crippen molar-refractivity contribution in [2.45, 2.75) is 57.4 Å². The van der Waals surface area contributed by atoms with E-state index in [-0.39, 0.29) is 19.4 Å². The van der Waals surface area contributed by atoms with Crippen molar-refractivity contribution in [3.8, 4) is 0 Å². The Morgan fingerprint density at radius 2 is 1.96 bits per heavy atom. The fourth-order valence-electron chi connectivity index (χ4n) is 3.30. The van der Waals surface area contributed by atoms with Gasteiger partial charge in [0.05, 0.1) is 13.2 Å². The number of carbonyl (C=O) groups excluding carboxylic acids is 2. The van der Waals surface area contributed by atoms with E-state index < -0.39 is 29.2 Å². The van der Waals surface area contributed by atoms with Gasteiger partial charge in [0.25, 0.3) is 0 Å². The zero-order valence-electron chi connectivity index (χ0n) is 16.8. The summed E-state index contributed by atoms with van der Waals surface area (Å²) >= 11 is 0. The van der Waals surface area contributed by atoms with Gasteiger partial charge in [0.1, 0.15) is 23.5 Å². The highest BCUT2D eigenvalue weighted by molar-refractivity contribution is 5.86. The standard InChI is InChI=1S/C20H28N2O6/c1-19(2,3)28-18(26)22-16(17(24)25)10-11-20(22,14-23)13-21(4)27-12-15-8-6-5-7-9-15/h5-9,14,16H,10-13H2,1-4H3,(H,24,25). The summed E-state index contributed by atoms with van der Waals surface area (Å²) in [6.45, 7) is 5.39. The van der Waals surface area contributed by atoms with Crippen LogP contribution in [0.25, 0.3) is 0 Å². The number of likely N-dealkylation sites (tertiary alicyclic amines) is 1. The molecule has 1 saturated heterocycles. The second-order valence-electron chi connectivity index (χ2n) is 8.01. The summed E-state index contributed by atoms with van der Waals surface area (Å²) in [7, 11) is 1.65. The molecule has 2 rings (SSSR count). The van der Waals surface area contributed by atoms with Crippen LogP contribution in [0.4, 0.5) is 4.79 Å². The van der Waals surface area contributed by atoms with Gasteiger partial charge < -0.3 is 14.6 Å². The van der Waals surface area contributed by atoms with Crippen molar-refractivity contribution >= 4 is 18.3 Å². The third-order valence-corrected chi connectivity index (χ3v) is 4.53. The number of aldehydes is 1. The molecule has 8 heteroatoms. The predicted molar refractivity (Wildman–Crippen MR) is 101 cm³/mol. The monoisotopic (exact) mass is 392 g/mol. The van der Waals surface area contributed by atoms with Crippen molar-refractivity contribution in [1.82, 2.24) is 9.96 Å². The van der Waals surface area contributed by atoms with Crippen LogP contribution in [-0.2, 0) is 25.8 Å². The third kappa shape index (κ3) is 5.30. The molecule has 0 aromatic heterocycles. The molecule has 8 nitrogen and oxygen atoms in total. The topological polar surface area (TPSA) is 96.4 Å². The third-order valence-electron chi connectivity index (χ3n) is 4.53. The molecule has 1 aliphatic heterocycles. The number of hydroxylamine groups is 2. The fourth-order valence-corrected chi connectivity index (χ4v) is 3.30. The van der Waals surface area contributed by atoms with Crippen LogP contribution in [0.1, 0.15) is 39.2 Å². The number of likely N-dealkylation sites (N-methyl/N-ethyl adjacent to an activating group) is 1. The summed E-state index contributed by atoms with van der Waals surface area (Å²) in [6, 6.07) is 8.38. The summed E-state index contributed by atoms with van der Waals surface area (Å²) in [5.74, 6) is -1.16. The van der Waals surface area contributed by atoms with Crippen LogP contribution in [-0.4, -0.2) is 64.2 Å². The van der Waals surface area contributed by atoms with Crippen molar-refractivity contribution in [2.75, 3.05) is 13.6 Å². The zero-order chi connectivity index (χ0) is 20.9. The van der Waals surface area contributed by atoms with E-state index in [1.807, 2.05) is 30.3 Å². The van der Waals surface area contributed by atoms with Crippen molar-refractivity contribution in [3.05, 3.63) is 35.9 Å². The largest absolute Gasteiger partial charge is 0.480 e. The number of hydrogen-bond donors (Lipinski definition) is 1. The lowest BCUT2D eigenvalue weighted by atomic mass is 9.98. The maximum absolute atomic E-state index is 12.7. The number of nitrogens with zero attached hydrogens (tertiary/aromatic N) is 2. The van der Waals surface area contributed by atoms with Crippen LogP contribution >= 0.6 is 0 Å². The Balaban J connectivity index is 2.17. The average Bonchev–Trinajstić information content (AvgIpc) is 2.99. The van der Waals surface area contributed by atoms with Gasteiger partial charge in [-0.05, 0) is 39.2 Å². The molecule has 1 aromatic carbocycles. The molecule has 2 unspecified atom stereocenters. The van der Waals surface area contributed by atoms with Crippen LogP contribution in [0.3, 0.4) is 0 Å². The van der Waals surface area contributed by atoms with E-state index in [2.05, 4.69) is 0 Å². The lowest BCUT2D eigenvalue weighted by Gasteiger charge is -2.38. The van der Waals surface area contributed by atoms with Gasteiger partial charge in [0, 0.05) is 7.05 Å². The maximum Gasteiger partial charge on any atom is 0.411 e. The number of aliphatic carboxylic acids is 1. The Hall–Kier alpha value is -2.45. The minimum atomic E-state index is -1.34. The van der Waals surface area contributed by atoms with Gasteiger partial charge in [-0.3, -0.25) is 9.74 Å². The number of carboxylic acid groups (broad SMARTS) is 1. The first kappa shape index (κ1) is 21.8. The normalized spacial score (nSPS) is 22.3. The molecule has 1 heterocycles. The van der Waals surface area contributed by atoms with Crippen molar-refractivity contribution < 1.29 is 29.1 Å². The molecule has 0 aliphatic carbocycles. The predicted octanol–water partition coefficient (Wildman–Crippen LogP) is 2.47. The highest BCUT2D eigenvalue weighted by Crippen LogP contribution is 2.35. The Labute approximate surface area is 165 Å². The van der Waals surface area contributed by atoms with Crippen molar-refractivity contribution in [1.29, 1.82) is 0 Å². The first-order chi connectivity index (χ1) is 13.1. The number of rotatable bonds is 7. The smallest absolute Gasteiger partial charge is 0.411 e. The molecule has 0 spiro atoms. The quantitative estimate of drug-likeness (QED) is 0.562. The number of ether oxygens (including phenoxy) is 1. The molecule has 2 atom stereocenters. The van der Waals surface area contributed by atoms with Crippen LogP contribution < -0.4 is 0 Å². The van der Waals surface area contributed by atoms with Crippen LogP contribution in [0.2, 0.25) is 0 Å². The number of carbonyl (C=O) groups is 3. The Morgan fingerprint density at radius 1 is 1.32 bits per heavy atom. The van der Waals surface area contributed by atoms with Gasteiger partial charge in [-0.1, -0.05) is 30.3 Å². The molecule has 28 heavy (non-hydrogen) atoms. The first-order valence-electron chi connectivity index (χ1n) is 9.17. The molecule has 1 aliphatic rings. The molecular weight excluding hydrogens is 364 g/mol. The molecular formula is C20H28N2O6. The van der Waals surface area contributed by atoms with Gasteiger partial charge in [0.15, 0.2) is 0 Å². The average molecular weight is 392 g/mol. The van der Waals surface area contributed by atoms with E-state index in [0.717, 1.165) is 10.5 Å². The minimum Gasteiger partial charge on any atom is -0.480 e. The van der Waals surface area contributed by atoms with Crippen LogP contribution in [0, 0.1) is 0 Å². The summed E-state index contributed by atoms with van der Waals surface area (Å²) in [5, 5.41) is 11.0. The number of amides is 1. The number of hydrogen-bond acceptors (Lipinski definition) is 6. The summed E-state index contributed by atoms with van der Waals surface area (Å²) in [5.41, 5.74) is -1.20. The van der Waals surface area contributed by atoms with Crippen molar-refractivity contribution in [2.24, 2.45) is 0 Å². The lowest BCUT2D eigenvalue weighted by molar-refractivity contribution is -0.172. The Morgan fingerprint density at radius 3 is 2.50 bits per heavy atom. The highest BCUT2D eigenvalue weighted by Gasteiger charge is 2.53.